The number of rotatable bonds is 7. The number of nitrogens with one attached hydrogen (secondary N) is 2. The molecular weight excluding hydrogens is 454 g/mol. The van der Waals surface area contributed by atoms with Gasteiger partial charge in [-0.1, -0.05) is 48.5 Å². The molecule has 35 heavy (non-hydrogen) atoms. The van der Waals surface area contributed by atoms with Gasteiger partial charge in [-0.3, -0.25) is 4.79 Å². The highest BCUT2D eigenvalue weighted by atomic mass is 16.6. The Morgan fingerprint density at radius 2 is 1.77 bits per heavy atom. The third kappa shape index (κ3) is 4.24. The molecule has 10 heteroatoms. The van der Waals surface area contributed by atoms with E-state index < -0.39 is 23.5 Å². The van der Waals surface area contributed by atoms with Crippen LogP contribution in [-0.4, -0.2) is 53.4 Å². The summed E-state index contributed by atoms with van der Waals surface area (Å²) in [5, 5.41) is 14.4. The number of ether oxygens (including phenoxy) is 2. The first-order chi connectivity index (χ1) is 17.0. The lowest BCUT2D eigenvalue weighted by Gasteiger charge is -2.27. The van der Waals surface area contributed by atoms with E-state index in [-0.39, 0.29) is 50.2 Å². The number of carboxylic acids is 1. The van der Waals surface area contributed by atoms with Crippen LogP contribution in [0.3, 0.4) is 0 Å². The van der Waals surface area contributed by atoms with Gasteiger partial charge in [0.05, 0.1) is 13.2 Å². The van der Waals surface area contributed by atoms with Gasteiger partial charge in [0.2, 0.25) is 5.91 Å². The largest absolute Gasteiger partial charge is 0.476 e. The summed E-state index contributed by atoms with van der Waals surface area (Å²) in [6, 6.07) is 16.0. The Morgan fingerprint density at radius 1 is 1.09 bits per heavy atom. The molecule has 1 aliphatic heterocycles. The van der Waals surface area contributed by atoms with Crippen molar-refractivity contribution in [2.45, 2.75) is 24.4 Å². The van der Waals surface area contributed by atoms with Crippen LogP contribution in [0.15, 0.2) is 59.3 Å². The summed E-state index contributed by atoms with van der Waals surface area (Å²) in [5.74, 6) is -1.91. The first-order valence-corrected chi connectivity index (χ1v) is 11.1. The van der Waals surface area contributed by atoms with Crippen LogP contribution in [0.2, 0.25) is 0 Å². The van der Waals surface area contributed by atoms with E-state index in [2.05, 4.69) is 15.6 Å². The number of benzene rings is 2. The number of oxazole rings is 1. The van der Waals surface area contributed by atoms with Crippen molar-refractivity contribution in [3.63, 3.8) is 0 Å². The summed E-state index contributed by atoms with van der Waals surface area (Å²) in [4.78, 5) is 40.6. The fourth-order valence-electron chi connectivity index (χ4n) is 4.63. The maximum atomic E-state index is 13.0. The van der Waals surface area contributed by atoms with E-state index in [9.17, 15) is 14.4 Å². The summed E-state index contributed by atoms with van der Waals surface area (Å²) >= 11 is 0. The minimum Gasteiger partial charge on any atom is -0.476 e. The van der Waals surface area contributed by atoms with E-state index in [0.29, 0.717) is 0 Å². The highest BCUT2D eigenvalue weighted by Gasteiger charge is 2.44. The zero-order valence-electron chi connectivity index (χ0n) is 18.7. The molecule has 0 saturated carbocycles. The molecule has 1 aromatic heterocycles. The third-order valence-corrected chi connectivity index (χ3v) is 6.39. The molecule has 2 aliphatic rings. The van der Waals surface area contributed by atoms with Gasteiger partial charge < -0.3 is 29.6 Å². The number of carbonyl (C=O) groups excluding carboxylic acids is 2. The number of hydrogen-bond donors (Lipinski definition) is 3. The van der Waals surface area contributed by atoms with E-state index in [0.717, 1.165) is 28.6 Å². The lowest BCUT2D eigenvalue weighted by Crippen LogP contribution is -2.59. The molecule has 1 atom stereocenters. The second-order valence-electron chi connectivity index (χ2n) is 8.45. The molecule has 3 N–H and O–H groups in total. The van der Waals surface area contributed by atoms with E-state index in [4.69, 9.17) is 19.0 Å². The SMILES string of the molecule is O=C(NC1(C(=O)NCc2ocnc2C(=O)O)CCOC1)OCC1c2ccccc2-c2ccccc21. The number of amides is 2. The maximum Gasteiger partial charge on any atom is 0.408 e. The summed E-state index contributed by atoms with van der Waals surface area (Å²) < 4.78 is 16.0. The predicted octanol–water partition coefficient (Wildman–Crippen LogP) is 2.69. The number of carbonyl (C=O) groups is 3. The highest BCUT2D eigenvalue weighted by Crippen LogP contribution is 2.44. The number of hydrogen-bond acceptors (Lipinski definition) is 7. The van der Waals surface area contributed by atoms with E-state index in [1.807, 2.05) is 48.5 Å². The minimum absolute atomic E-state index is 0.000978. The van der Waals surface area contributed by atoms with Gasteiger partial charge in [0.25, 0.3) is 0 Å². The Balaban J connectivity index is 1.25. The van der Waals surface area contributed by atoms with E-state index >= 15 is 0 Å². The standard InChI is InChI=1S/C25H23N3O7/c29-22(30)21-20(35-14-27-21)11-26-23(31)25(9-10-33-13-25)28-24(32)34-12-19-17-7-3-1-5-15(17)16-6-2-4-8-18(16)19/h1-8,14,19H,9-13H2,(H,26,31)(H,28,32)(H,29,30). The highest BCUT2D eigenvalue weighted by molar-refractivity contribution is 5.91. The molecular formula is C25H23N3O7. The molecule has 2 heterocycles. The summed E-state index contributed by atoms with van der Waals surface area (Å²) in [6.45, 7) is 0.151. The number of carboxylic acid groups (broad SMARTS) is 1. The normalized spacial score (nSPS) is 18.5. The first-order valence-electron chi connectivity index (χ1n) is 11.1. The lowest BCUT2D eigenvalue weighted by atomic mass is 9.97. The predicted molar refractivity (Wildman–Crippen MR) is 122 cm³/mol. The zero-order chi connectivity index (χ0) is 24.4. The molecule has 0 spiro atoms. The minimum atomic E-state index is -1.34. The molecule has 5 rings (SSSR count). The molecule has 1 fully saturated rings. The summed E-state index contributed by atoms with van der Waals surface area (Å²) in [5.41, 5.74) is 2.77. The van der Waals surface area contributed by atoms with Crippen molar-refractivity contribution in [2.75, 3.05) is 19.8 Å². The Labute approximate surface area is 200 Å². The summed E-state index contributed by atoms with van der Waals surface area (Å²) in [6.07, 6.45) is 0.498. The topological polar surface area (TPSA) is 140 Å². The second kappa shape index (κ2) is 9.22. The monoisotopic (exact) mass is 477 g/mol. The van der Waals surface area contributed by atoms with Gasteiger partial charge in [-0.05, 0) is 22.3 Å². The van der Waals surface area contributed by atoms with Crippen LogP contribution in [0.25, 0.3) is 11.1 Å². The van der Waals surface area contributed by atoms with Crippen molar-refractivity contribution in [2.24, 2.45) is 0 Å². The van der Waals surface area contributed by atoms with Crippen LogP contribution in [0, 0.1) is 0 Å². The molecule has 3 aromatic rings. The van der Waals surface area contributed by atoms with Crippen molar-refractivity contribution in [1.29, 1.82) is 0 Å². The fraction of sp³-hybridized carbons (Fsp3) is 0.280. The molecule has 2 aromatic carbocycles. The number of aromatic nitrogens is 1. The van der Waals surface area contributed by atoms with Crippen molar-refractivity contribution in [1.82, 2.24) is 15.6 Å². The Kier molecular flexibility index (Phi) is 5.96. The smallest absolute Gasteiger partial charge is 0.408 e. The molecule has 1 unspecified atom stereocenters. The Hall–Kier alpha value is -4.18. The number of aromatic carboxylic acids is 1. The van der Waals surface area contributed by atoms with Crippen LogP contribution in [0.1, 0.15) is 39.7 Å². The van der Waals surface area contributed by atoms with Crippen molar-refractivity contribution >= 4 is 18.0 Å². The van der Waals surface area contributed by atoms with Crippen molar-refractivity contribution in [3.05, 3.63) is 77.5 Å². The van der Waals surface area contributed by atoms with E-state index in [1.54, 1.807) is 0 Å². The average molecular weight is 477 g/mol. The number of fused-ring (bicyclic) bond motifs is 3. The first kappa shape index (κ1) is 22.6. The van der Waals surface area contributed by atoms with Crippen molar-refractivity contribution in [3.8, 4) is 11.1 Å². The Morgan fingerprint density at radius 3 is 2.40 bits per heavy atom. The van der Waals surface area contributed by atoms with Crippen LogP contribution in [0.4, 0.5) is 4.79 Å². The van der Waals surface area contributed by atoms with Gasteiger partial charge >= 0.3 is 12.1 Å². The van der Waals surface area contributed by atoms with Gasteiger partial charge in [0, 0.05) is 18.9 Å². The molecule has 180 valence electrons. The zero-order valence-corrected chi connectivity index (χ0v) is 18.7. The molecule has 1 saturated heterocycles. The molecule has 0 radical (unpaired) electrons. The van der Waals surface area contributed by atoms with Crippen LogP contribution in [0.5, 0.6) is 0 Å². The fourth-order valence-corrected chi connectivity index (χ4v) is 4.63. The van der Waals surface area contributed by atoms with Crippen molar-refractivity contribution < 1.29 is 33.4 Å². The van der Waals surface area contributed by atoms with Gasteiger partial charge in [0.15, 0.2) is 17.8 Å². The quantitative estimate of drug-likeness (QED) is 0.472. The van der Waals surface area contributed by atoms with Gasteiger partial charge in [0.1, 0.15) is 12.1 Å². The summed E-state index contributed by atoms with van der Waals surface area (Å²) in [7, 11) is 0. The Bertz CT molecular complexity index is 1230. The van der Waals surface area contributed by atoms with Gasteiger partial charge in [-0.15, -0.1) is 0 Å². The molecule has 2 amide bonds. The molecule has 0 bridgehead atoms. The van der Waals surface area contributed by atoms with E-state index in [1.165, 1.54) is 0 Å². The second-order valence-corrected chi connectivity index (χ2v) is 8.45. The average Bonchev–Trinajstić information content (AvgIpc) is 3.59. The molecule has 10 nitrogen and oxygen atoms in total. The number of nitrogens with zero attached hydrogens (tertiary/aromatic N) is 1. The van der Waals surface area contributed by atoms with Gasteiger partial charge in [-0.2, -0.15) is 0 Å². The number of alkyl carbamates (subject to hydrolysis) is 1. The molecule has 1 aliphatic carbocycles. The third-order valence-electron chi connectivity index (χ3n) is 6.39. The van der Waals surface area contributed by atoms with Crippen LogP contribution < -0.4 is 10.6 Å². The maximum absolute atomic E-state index is 13.0. The lowest BCUT2D eigenvalue weighted by molar-refractivity contribution is -0.127. The van der Waals surface area contributed by atoms with Crippen LogP contribution in [-0.2, 0) is 20.8 Å². The van der Waals surface area contributed by atoms with Gasteiger partial charge in [-0.25, -0.2) is 14.6 Å². The van der Waals surface area contributed by atoms with Crippen LogP contribution >= 0.6 is 0 Å².